The predicted molar refractivity (Wildman–Crippen MR) is 75.6 cm³/mol. The second-order valence-electron chi connectivity index (χ2n) is 5.69. The van der Waals surface area contributed by atoms with Crippen molar-refractivity contribution in [3.05, 3.63) is 11.9 Å². The van der Waals surface area contributed by atoms with Crippen LogP contribution in [0.25, 0.3) is 0 Å². The molecule has 1 aliphatic carbocycles. The first kappa shape index (κ1) is 17.3. The van der Waals surface area contributed by atoms with E-state index in [0.29, 0.717) is 5.69 Å². The highest BCUT2D eigenvalue weighted by atomic mass is 16.4. The average Bonchev–Trinajstić information content (AvgIpc) is 2.97. The highest BCUT2D eigenvalue weighted by Crippen LogP contribution is 2.21. The Labute approximate surface area is 128 Å². The molecule has 2 rings (SSSR count). The first-order valence-corrected chi connectivity index (χ1v) is 7.48. The fourth-order valence-corrected chi connectivity index (χ4v) is 2.55. The Hall–Kier alpha value is -1.10. The van der Waals surface area contributed by atoms with E-state index in [-0.39, 0.29) is 6.54 Å². The van der Waals surface area contributed by atoms with E-state index in [1.54, 1.807) is 10.9 Å². The SMILES string of the molecule is CCCCn1cc(CNC2[C@@H](O)[C@H](O)C(O)[C@H](O)[C@H]2O)nn1. The second-order valence-corrected chi connectivity index (χ2v) is 5.69. The molecule has 0 spiro atoms. The smallest absolute Gasteiger partial charge is 0.111 e. The lowest BCUT2D eigenvalue weighted by Crippen LogP contribution is -2.67. The quantitative estimate of drug-likeness (QED) is 0.334. The summed E-state index contributed by atoms with van der Waals surface area (Å²) in [4.78, 5) is 0. The van der Waals surface area contributed by atoms with Gasteiger partial charge in [-0.3, -0.25) is 4.68 Å². The van der Waals surface area contributed by atoms with Crippen LogP contribution in [0.2, 0.25) is 0 Å². The number of unbranched alkanes of at least 4 members (excludes halogenated alkanes) is 1. The third kappa shape index (κ3) is 3.62. The van der Waals surface area contributed by atoms with Crippen LogP contribution >= 0.6 is 0 Å². The van der Waals surface area contributed by atoms with Crippen LogP contribution in [0.5, 0.6) is 0 Å². The molecule has 0 aromatic carbocycles. The van der Waals surface area contributed by atoms with Crippen molar-refractivity contribution in [3.63, 3.8) is 0 Å². The van der Waals surface area contributed by atoms with Crippen molar-refractivity contribution in [2.75, 3.05) is 0 Å². The maximum atomic E-state index is 9.91. The molecule has 1 fully saturated rings. The summed E-state index contributed by atoms with van der Waals surface area (Å²) >= 11 is 0. The Morgan fingerprint density at radius 1 is 1.05 bits per heavy atom. The van der Waals surface area contributed by atoms with Gasteiger partial charge in [0.05, 0.1) is 11.7 Å². The highest BCUT2D eigenvalue weighted by Gasteiger charge is 2.47. The van der Waals surface area contributed by atoms with E-state index in [9.17, 15) is 25.5 Å². The van der Waals surface area contributed by atoms with Gasteiger partial charge in [-0.25, -0.2) is 0 Å². The highest BCUT2D eigenvalue weighted by molar-refractivity contribution is 5.03. The number of hydrogen-bond donors (Lipinski definition) is 6. The van der Waals surface area contributed by atoms with E-state index in [2.05, 4.69) is 22.6 Å². The van der Waals surface area contributed by atoms with Crippen LogP contribution in [0.15, 0.2) is 6.20 Å². The number of nitrogens with zero attached hydrogens (tertiary/aromatic N) is 3. The zero-order chi connectivity index (χ0) is 16.3. The molecule has 1 heterocycles. The Bertz CT molecular complexity index is 455. The van der Waals surface area contributed by atoms with Crippen LogP contribution in [0.1, 0.15) is 25.5 Å². The van der Waals surface area contributed by atoms with Crippen LogP contribution < -0.4 is 5.32 Å². The van der Waals surface area contributed by atoms with Crippen molar-refractivity contribution in [1.82, 2.24) is 20.3 Å². The van der Waals surface area contributed by atoms with Crippen molar-refractivity contribution < 1.29 is 25.5 Å². The molecule has 0 saturated heterocycles. The lowest BCUT2D eigenvalue weighted by molar-refractivity contribution is -0.190. The summed E-state index contributed by atoms with van der Waals surface area (Å²) in [6, 6.07) is -0.978. The molecule has 2 unspecified atom stereocenters. The number of aliphatic hydroxyl groups excluding tert-OH is 5. The average molecular weight is 316 g/mol. The molecular formula is C13H24N4O5. The zero-order valence-corrected chi connectivity index (χ0v) is 12.4. The predicted octanol–water partition coefficient (Wildman–Crippen LogP) is -2.65. The van der Waals surface area contributed by atoms with Gasteiger partial charge in [0, 0.05) is 19.3 Å². The first-order valence-electron chi connectivity index (χ1n) is 7.48. The minimum Gasteiger partial charge on any atom is -0.389 e. The number of aliphatic hydroxyl groups is 5. The van der Waals surface area contributed by atoms with E-state index in [1.165, 1.54) is 0 Å². The van der Waals surface area contributed by atoms with E-state index < -0.39 is 36.6 Å². The van der Waals surface area contributed by atoms with Crippen LogP contribution in [-0.4, -0.2) is 77.1 Å². The van der Waals surface area contributed by atoms with Gasteiger partial charge in [-0.05, 0) is 6.42 Å². The van der Waals surface area contributed by atoms with Gasteiger partial charge >= 0.3 is 0 Å². The van der Waals surface area contributed by atoms with E-state index >= 15 is 0 Å². The molecule has 22 heavy (non-hydrogen) atoms. The van der Waals surface area contributed by atoms with Crippen molar-refractivity contribution >= 4 is 0 Å². The summed E-state index contributed by atoms with van der Waals surface area (Å²) < 4.78 is 1.71. The Kier molecular flexibility index (Phi) is 5.84. The fourth-order valence-electron chi connectivity index (χ4n) is 2.55. The number of hydrogen-bond acceptors (Lipinski definition) is 8. The summed E-state index contributed by atoms with van der Waals surface area (Å²) in [5.41, 5.74) is 0.616. The Morgan fingerprint density at radius 3 is 2.23 bits per heavy atom. The number of aromatic nitrogens is 3. The number of nitrogens with one attached hydrogen (secondary N) is 1. The molecule has 9 nitrogen and oxygen atoms in total. The van der Waals surface area contributed by atoms with Gasteiger partial charge in [-0.1, -0.05) is 18.6 Å². The Balaban J connectivity index is 1.93. The number of aryl methyl sites for hydroxylation is 1. The van der Waals surface area contributed by atoms with Gasteiger partial charge < -0.3 is 30.8 Å². The van der Waals surface area contributed by atoms with Gasteiger partial charge in [0.25, 0.3) is 0 Å². The molecule has 1 aromatic rings. The summed E-state index contributed by atoms with van der Waals surface area (Å²) in [6.07, 6.45) is -3.65. The van der Waals surface area contributed by atoms with Crippen LogP contribution in [0.4, 0.5) is 0 Å². The molecule has 0 aliphatic heterocycles. The number of rotatable bonds is 6. The minimum absolute atomic E-state index is 0.209. The van der Waals surface area contributed by atoms with Crippen molar-refractivity contribution in [2.45, 2.75) is 69.4 Å². The summed E-state index contributed by atoms with van der Waals surface area (Å²) in [7, 11) is 0. The molecular weight excluding hydrogens is 292 g/mol. The molecule has 1 aromatic heterocycles. The topological polar surface area (TPSA) is 144 Å². The van der Waals surface area contributed by atoms with Crippen LogP contribution in [0.3, 0.4) is 0 Å². The molecule has 6 N–H and O–H groups in total. The first-order chi connectivity index (χ1) is 10.5. The molecule has 1 saturated carbocycles. The van der Waals surface area contributed by atoms with Gasteiger partial charge in [-0.2, -0.15) is 0 Å². The fraction of sp³-hybridized carbons (Fsp3) is 0.846. The summed E-state index contributed by atoms with van der Waals surface area (Å²) in [5, 5.41) is 59.4. The van der Waals surface area contributed by atoms with Crippen molar-refractivity contribution in [2.24, 2.45) is 0 Å². The normalized spacial score (nSPS) is 35.7. The molecule has 0 amide bonds. The van der Waals surface area contributed by atoms with Gasteiger partial charge in [0.15, 0.2) is 0 Å². The second kappa shape index (κ2) is 7.44. The Morgan fingerprint density at radius 2 is 1.64 bits per heavy atom. The summed E-state index contributed by atoms with van der Waals surface area (Å²) in [5.74, 6) is 0. The van der Waals surface area contributed by atoms with Crippen molar-refractivity contribution in [3.8, 4) is 0 Å². The molecule has 9 heteroatoms. The molecule has 1 aliphatic rings. The molecule has 0 bridgehead atoms. The molecule has 6 atom stereocenters. The van der Waals surface area contributed by atoms with Crippen LogP contribution in [0, 0.1) is 0 Å². The van der Waals surface area contributed by atoms with Crippen molar-refractivity contribution in [1.29, 1.82) is 0 Å². The maximum absolute atomic E-state index is 9.91. The maximum Gasteiger partial charge on any atom is 0.111 e. The van der Waals surface area contributed by atoms with E-state index in [0.717, 1.165) is 19.4 Å². The van der Waals surface area contributed by atoms with E-state index in [1.807, 2.05) is 0 Å². The lowest BCUT2D eigenvalue weighted by Gasteiger charge is -2.42. The third-order valence-corrected chi connectivity index (χ3v) is 3.98. The molecule has 0 radical (unpaired) electrons. The van der Waals surface area contributed by atoms with Gasteiger partial charge in [0.2, 0.25) is 0 Å². The minimum atomic E-state index is -1.59. The molecule has 126 valence electrons. The van der Waals surface area contributed by atoms with Gasteiger partial charge in [-0.15, -0.1) is 5.10 Å². The largest absolute Gasteiger partial charge is 0.389 e. The van der Waals surface area contributed by atoms with Gasteiger partial charge in [0.1, 0.15) is 30.5 Å². The monoisotopic (exact) mass is 316 g/mol. The summed E-state index contributed by atoms with van der Waals surface area (Å²) in [6.45, 7) is 3.05. The lowest BCUT2D eigenvalue weighted by atomic mass is 9.83. The standard InChI is InChI=1S/C13H24N4O5/c1-2-3-4-17-6-7(15-16-17)5-14-8-9(18)11(20)13(22)12(21)10(8)19/h6,8-14,18-22H,2-5H2,1H3/t8?,9-,10+,11+,12-,13?. The van der Waals surface area contributed by atoms with E-state index in [4.69, 9.17) is 0 Å². The van der Waals surface area contributed by atoms with Crippen LogP contribution in [-0.2, 0) is 13.1 Å². The zero-order valence-electron chi connectivity index (χ0n) is 12.4. The third-order valence-electron chi connectivity index (χ3n) is 3.98.